The lowest BCUT2D eigenvalue weighted by Gasteiger charge is -1.76. The summed E-state index contributed by atoms with van der Waals surface area (Å²) >= 11 is 1.62. The van der Waals surface area contributed by atoms with E-state index in [0.717, 1.165) is 18.5 Å². The fourth-order valence-corrected chi connectivity index (χ4v) is 1.15. The summed E-state index contributed by atoms with van der Waals surface area (Å²) in [5.41, 5.74) is 1.09. The van der Waals surface area contributed by atoms with Gasteiger partial charge in [-0.15, -0.1) is 0 Å². The van der Waals surface area contributed by atoms with Gasteiger partial charge in [-0.05, 0) is 35.4 Å². The largest absolute Gasteiger partial charge is 0.385 e. The van der Waals surface area contributed by atoms with Crippen LogP contribution >= 0.6 is 11.3 Å². The van der Waals surface area contributed by atoms with Crippen molar-refractivity contribution in [1.82, 2.24) is 0 Å². The molecule has 0 N–H and O–H groups in total. The number of carbonyl (C=O) groups excluding carboxylic acids is 1. The van der Waals surface area contributed by atoms with Crippen molar-refractivity contribution in [2.75, 3.05) is 13.7 Å². The monoisotopic (exact) mass is 198 g/mol. The minimum Gasteiger partial charge on any atom is -0.385 e. The molecule has 0 aliphatic rings. The fraction of sp³-hybridized carbons (Fsp3) is 0.300. The predicted molar refractivity (Wildman–Crippen MR) is 57.0 cm³/mol. The summed E-state index contributed by atoms with van der Waals surface area (Å²) in [6.07, 6.45) is 4.04. The van der Waals surface area contributed by atoms with Crippen molar-refractivity contribution in [3.05, 3.63) is 28.5 Å². The lowest BCUT2D eigenvalue weighted by molar-refractivity contribution is -0.104. The molecule has 0 aliphatic carbocycles. The summed E-state index contributed by atoms with van der Waals surface area (Å²) in [6, 6.07) is 1.96. The molecule has 0 saturated carbocycles. The topological polar surface area (TPSA) is 26.3 Å². The molecule has 1 rings (SSSR count). The van der Waals surface area contributed by atoms with Crippen molar-refractivity contribution in [2.45, 2.75) is 6.92 Å². The average molecular weight is 198 g/mol. The van der Waals surface area contributed by atoms with E-state index in [1.807, 2.05) is 23.8 Å². The summed E-state index contributed by atoms with van der Waals surface area (Å²) in [5.74, 6) is 0. The van der Waals surface area contributed by atoms with Crippen LogP contribution in [-0.4, -0.2) is 20.0 Å². The molecule has 0 radical (unpaired) electrons. The van der Waals surface area contributed by atoms with Gasteiger partial charge < -0.3 is 4.74 Å². The van der Waals surface area contributed by atoms with Crippen LogP contribution < -0.4 is 0 Å². The number of aldehydes is 1. The molecule has 13 heavy (non-hydrogen) atoms. The maximum absolute atomic E-state index is 9.82. The molecule has 0 aromatic carbocycles. The van der Waals surface area contributed by atoms with Crippen LogP contribution in [0.25, 0.3) is 6.08 Å². The number of carbonyl (C=O) groups is 1. The lowest BCUT2D eigenvalue weighted by Crippen LogP contribution is -1.73. The van der Waals surface area contributed by atoms with Crippen LogP contribution in [0.2, 0.25) is 0 Å². The normalized spacial score (nSPS) is 9.38. The Balaban J connectivity index is 0.000000310. The van der Waals surface area contributed by atoms with Gasteiger partial charge in [0.05, 0.1) is 0 Å². The van der Waals surface area contributed by atoms with E-state index in [-0.39, 0.29) is 0 Å². The summed E-state index contributed by atoms with van der Waals surface area (Å²) in [5, 5.41) is 3.96. The van der Waals surface area contributed by atoms with Gasteiger partial charge in [0.2, 0.25) is 0 Å². The molecule has 1 aromatic heterocycles. The highest BCUT2D eigenvalue weighted by molar-refractivity contribution is 7.08. The first kappa shape index (κ1) is 12.1. The third-order valence-corrected chi connectivity index (χ3v) is 1.90. The molecule has 3 heteroatoms. The Morgan fingerprint density at radius 3 is 2.69 bits per heavy atom. The molecule has 0 amide bonds. The van der Waals surface area contributed by atoms with Crippen molar-refractivity contribution >= 4 is 23.7 Å². The second kappa shape index (κ2) is 9.16. The molecule has 0 unspecified atom stereocenters. The second-order valence-electron chi connectivity index (χ2n) is 2.13. The van der Waals surface area contributed by atoms with Gasteiger partial charge in [0, 0.05) is 13.7 Å². The molecule has 0 aliphatic heterocycles. The first-order chi connectivity index (χ1) is 6.35. The number of hydrogen-bond acceptors (Lipinski definition) is 3. The molecule has 0 saturated heterocycles. The van der Waals surface area contributed by atoms with Crippen LogP contribution in [0.5, 0.6) is 0 Å². The van der Waals surface area contributed by atoms with Crippen molar-refractivity contribution in [3.63, 3.8) is 0 Å². The molecule has 1 aromatic rings. The lowest BCUT2D eigenvalue weighted by atomic mass is 10.3. The number of ether oxygens (including phenoxy) is 1. The fourth-order valence-electron chi connectivity index (χ4n) is 0.520. The number of hydrogen-bond donors (Lipinski definition) is 0. The average Bonchev–Trinajstić information content (AvgIpc) is 2.67. The number of allylic oxidation sites excluding steroid dienone is 1. The van der Waals surface area contributed by atoms with E-state index in [1.165, 1.54) is 6.08 Å². The van der Waals surface area contributed by atoms with E-state index in [1.54, 1.807) is 24.5 Å². The van der Waals surface area contributed by atoms with Crippen molar-refractivity contribution in [2.24, 2.45) is 0 Å². The van der Waals surface area contributed by atoms with Crippen molar-refractivity contribution in [1.29, 1.82) is 0 Å². The zero-order valence-corrected chi connectivity index (χ0v) is 8.71. The molecule has 0 bridgehead atoms. The third-order valence-electron chi connectivity index (χ3n) is 1.20. The van der Waals surface area contributed by atoms with E-state index in [0.29, 0.717) is 0 Å². The van der Waals surface area contributed by atoms with Gasteiger partial charge in [-0.2, -0.15) is 11.3 Å². The Bertz CT molecular complexity index is 225. The van der Waals surface area contributed by atoms with Crippen LogP contribution in [0.1, 0.15) is 12.5 Å². The van der Waals surface area contributed by atoms with Crippen LogP contribution in [0, 0.1) is 0 Å². The van der Waals surface area contributed by atoms with Gasteiger partial charge in [-0.3, -0.25) is 4.79 Å². The molecule has 0 fully saturated rings. The maximum Gasteiger partial charge on any atom is 0.142 e. The summed E-state index contributed by atoms with van der Waals surface area (Å²) in [6.45, 7) is 2.78. The zero-order valence-electron chi connectivity index (χ0n) is 7.90. The standard InChI is InChI=1S/C7H6OS.C3H8O/c8-4-1-2-7-3-5-9-6-7;1-3-4-2/h1-6H;3H2,1-2H3/b2-1+;. The summed E-state index contributed by atoms with van der Waals surface area (Å²) in [4.78, 5) is 9.82. The Morgan fingerprint density at radius 2 is 2.31 bits per heavy atom. The van der Waals surface area contributed by atoms with Crippen LogP contribution in [0.3, 0.4) is 0 Å². The van der Waals surface area contributed by atoms with Crippen molar-refractivity contribution < 1.29 is 9.53 Å². The molecule has 72 valence electrons. The molecular weight excluding hydrogens is 184 g/mol. The highest BCUT2D eigenvalue weighted by Crippen LogP contribution is 2.06. The van der Waals surface area contributed by atoms with Gasteiger partial charge in [-0.1, -0.05) is 6.08 Å². The molecule has 1 heterocycles. The summed E-state index contributed by atoms with van der Waals surface area (Å²) < 4.78 is 4.54. The maximum atomic E-state index is 9.82. The van der Waals surface area contributed by atoms with E-state index >= 15 is 0 Å². The summed E-state index contributed by atoms with van der Waals surface area (Å²) in [7, 11) is 1.68. The molecule has 0 spiro atoms. The molecule has 2 nitrogen and oxygen atoms in total. The first-order valence-corrected chi connectivity index (χ1v) is 4.92. The van der Waals surface area contributed by atoms with Gasteiger partial charge in [0.15, 0.2) is 0 Å². The Labute approximate surface area is 82.9 Å². The Hall–Kier alpha value is -0.930. The van der Waals surface area contributed by atoms with E-state index in [9.17, 15) is 4.79 Å². The highest BCUT2D eigenvalue weighted by atomic mass is 32.1. The smallest absolute Gasteiger partial charge is 0.142 e. The number of rotatable bonds is 3. The molecule has 0 atom stereocenters. The quantitative estimate of drug-likeness (QED) is 0.551. The highest BCUT2D eigenvalue weighted by Gasteiger charge is 1.81. The first-order valence-electron chi connectivity index (χ1n) is 3.98. The minimum absolute atomic E-state index is 0.775. The zero-order chi connectivity index (χ0) is 9.94. The van der Waals surface area contributed by atoms with E-state index in [2.05, 4.69) is 4.74 Å². The Kier molecular flexibility index (Phi) is 8.51. The van der Waals surface area contributed by atoms with Gasteiger partial charge >= 0.3 is 0 Å². The number of methoxy groups -OCH3 is 1. The minimum atomic E-state index is 0.775. The van der Waals surface area contributed by atoms with Crippen LogP contribution in [-0.2, 0) is 9.53 Å². The van der Waals surface area contributed by atoms with Crippen LogP contribution in [0.4, 0.5) is 0 Å². The molecular formula is C10H14O2S. The van der Waals surface area contributed by atoms with Gasteiger partial charge in [0.25, 0.3) is 0 Å². The van der Waals surface area contributed by atoms with Gasteiger partial charge in [0.1, 0.15) is 6.29 Å². The van der Waals surface area contributed by atoms with Gasteiger partial charge in [-0.25, -0.2) is 0 Å². The predicted octanol–water partition coefficient (Wildman–Crippen LogP) is 2.61. The third kappa shape index (κ3) is 7.43. The van der Waals surface area contributed by atoms with E-state index in [4.69, 9.17) is 0 Å². The Morgan fingerprint density at radius 1 is 1.62 bits per heavy atom. The van der Waals surface area contributed by atoms with E-state index < -0.39 is 0 Å². The SMILES string of the molecule is CCOC.O=C/C=C/c1ccsc1. The second-order valence-corrected chi connectivity index (χ2v) is 2.91. The van der Waals surface area contributed by atoms with Crippen molar-refractivity contribution in [3.8, 4) is 0 Å². The van der Waals surface area contributed by atoms with Crippen LogP contribution in [0.15, 0.2) is 22.9 Å². The number of thiophene rings is 1.